The summed E-state index contributed by atoms with van der Waals surface area (Å²) in [7, 11) is 0. The summed E-state index contributed by atoms with van der Waals surface area (Å²) in [6.45, 7) is 7.05. The molecule has 0 saturated carbocycles. The van der Waals surface area contributed by atoms with Crippen LogP contribution in [-0.2, 0) is 20.7 Å². The lowest BCUT2D eigenvalue weighted by atomic mass is 10.1. The molecule has 18 heavy (non-hydrogen) atoms. The number of rotatable bonds is 5. The van der Waals surface area contributed by atoms with E-state index in [1.807, 2.05) is 0 Å². The first-order valence-corrected chi connectivity index (χ1v) is 5.65. The molecule has 0 N–H and O–H groups in total. The van der Waals surface area contributed by atoms with Gasteiger partial charge in [-0.3, -0.25) is 4.79 Å². The van der Waals surface area contributed by atoms with Crippen molar-refractivity contribution in [3.63, 3.8) is 0 Å². The van der Waals surface area contributed by atoms with Gasteiger partial charge in [-0.2, -0.15) is 0 Å². The lowest BCUT2D eigenvalue weighted by molar-refractivity contribution is -0.138. The summed E-state index contributed by atoms with van der Waals surface area (Å²) in [6.07, 6.45) is 0.294. The standard InChI is InChI=1S/C14H16O4/c1-4-17-14(16)10(2)9-12-7-5-6-8-13(12)18-11(3)15/h5-8H,2,4,9H2,1,3H3. The molecule has 0 aliphatic carbocycles. The first-order valence-electron chi connectivity index (χ1n) is 5.65. The summed E-state index contributed by atoms with van der Waals surface area (Å²) < 4.78 is 9.90. The third-order valence-corrected chi connectivity index (χ3v) is 2.19. The Hall–Kier alpha value is -2.10. The minimum absolute atomic E-state index is 0.294. The van der Waals surface area contributed by atoms with Crippen molar-refractivity contribution in [3.8, 4) is 5.75 Å². The molecule has 96 valence electrons. The summed E-state index contributed by atoms with van der Waals surface area (Å²) >= 11 is 0. The monoisotopic (exact) mass is 248 g/mol. The van der Waals surface area contributed by atoms with Crippen LogP contribution in [0.25, 0.3) is 0 Å². The van der Waals surface area contributed by atoms with Gasteiger partial charge in [-0.15, -0.1) is 0 Å². The molecular formula is C14H16O4. The molecule has 0 aliphatic heterocycles. The smallest absolute Gasteiger partial charge is 0.333 e. The van der Waals surface area contributed by atoms with E-state index >= 15 is 0 Å². The predicted molar refractivity (Wildman–Crippen MR) is 67.2 cm³/mol. The maximum Gasteiger partial charge on any atom is 0.333 e. The van der Waals surface area contributed by atoms with Gasteiger partial charge < -0.3 is 9.47 Å². The van der Waals surface area contributed by atoms with Crippen LogP contribution < -0.4 is 4.74 Å². The molecule has 4 nitrogen and oxygen atoms in total. The van der Waals surface area contributed by atoms with E-state index in [0.29, 0.717) is 24.4 Å². The Kier molecular flexibility index (Phi) is 5.11. The zero-order chi connectivity index (χ0) is 13.5. The number of benzene rings is 1. The molecule has 0 amide bonds. The highest BCUT2D eigenvalue weighted by Crippen LogP contribution is 2.21. The zero-order valence-corrected chi connectivity index (χ0v) is 10.6. The molecule has 0 atom stereocenters. The van der Waals surface area contributed by atoms with Gasteiger partial charge >= 0.3 is 11.9 Å². The molecule has 0 aliphatic rings. The molecule has 4 heteroatoms. The van der Waals surface area contributed by atoms with Gasteiger partial charge in [0, 0.05) is 18.9 Å². The SMILES string of the molecule is C=C(Cc1ccccc1OC(C)=O)C(=O)OCC. The fraction of sp³-hybridized carbons (Fsp3) is 0.286. The van der Waals surface area contributed by atoms with E-state index in [1.165, 1.54) is 6.92 Å². The van der Waals surface area contributed by atoms with Crippen LogP contribution in [0.4, 0.5) is 0 Å². The second kappa shape index (κ2) is 6.59. The van der Waals surface area contributed by atoms with Crippen molar-refractivity contribution in [2.45, 2.75) is 20.3 Å². The number of ether oxygens (including phenoxy) is 2. The van der Waals surface area contributed by atoms with Crippen molar-refractivity contribution >= 4 is 11.9 Å². The van der Waals surface area contributed by atoms with Crippen molar-refractivity contribution in [2.24, 2.45) is 0 Å². The zero-order valence-electron chi connectivity index (χ0n) is 10.6. The van der Waals surface area contributed by atoms with Gasteiger partial charge in [0.25, 0.3) is 0 Å². The number of esters is 2. The average molecular weight is 248 g/mol. The van der Waals surface area contributed by atoms with Crippen LogP contribution in [0.15, 0.2) is 36.4 Å². The van der Waals surface area contributed by atoms with Gasteiger partial charge in [-0.1, -0.05) is 24.8 Å². The fourth-order valence-corrected chi connectivity index (χ4v) is 1.44. The largest absolute Gasteiger partial charge is 0.463 e. The number of carbonyl (C=O) groups is 2. The third kappa shape index (κ3) is 4.05. The van der Waals surface area contributed by atoms with Crippen LogP contribution in [0, 0.1) is 0 Å². The van der Waals surface area contributed by atoms with Gasteiger partial charge in [0.05, 0.1) is 6.61 Å². The van der Waals surface area contributed by atoms with Crippen LogP contribution in [0.5, 0.6) is 5.75 Å². The molecule has 0 heterocycles. The van der Waals surface area contributed by atoms with Crippen molar-refractivity contribution < 1.29 is 19.1 Å². The highest BCUT2D eigenvalue weighted by molar-refractivity contribution is 5.88. The summed E-state index contributed by atoms with van der Waals surface area (Å²) in [4.78, 5) is 22.4. The van der Waals surface area contributed by atoms with E-state index in [9.17, 15) is 9.59 Å². The minimum atomic E-state index is -0.435. The molecule has 1 aromatic carbocycles. The Morgan fingerprint density at radius 3 is 2.56 bits per heavy atom. The van der Waals surface area contributed by atoms with Gasteiger partial charge in [0.2, 0.25) is 0 Å². The highest BCUT2D eigenvalue weighted by atomic mass is 16.5. The fourth-order valence-electron chi connectivity index (χ4n) is 1.44. The maximum atomic E-state index is 11.5. The third-order valence-electron chi connectivity index (χ3n) is 2.19. The van der Waals surface area contributed by atoms with Gasteiger partial charge in [-0.25, -0.2) is 4.79 Å². The summed E-state index contributed by atoms with van der Waals surface area (Å²) in [5.41, 5.74) is 1.06. The van der Waals surface area contributed by atoms with Gasteiger partial charge in [0.1, 0.15) is 5.75 Å². The van der Waals surface area contributed by atoms with Crippen molar-refractivity contribution in [1.82, 2.24) is 0 Å². The van der Waals surface area contributed by atoms with Crippen molar-refractivity contribution in [3.05, 3.63) is 42.0 Å². The van der Waals surface area contributed by atoms with Crippen molar-refractivity contribution in [1.29, 1.82) is 0 Å². The number of hydrogen-bond acceptors (Lipinski definition) is 4. The topological polar surface area (TPSA) is 52.6 Å². The Morgan fingerprint density at radius 1 is 1.28 bits per heavy atom. The Labute approximate surface area is 106 Å². The lowest BCUT2D eigenvalue weighted by Crippen LogP contribution is -2.10. The molecule has 0 radical (unpaired) electrons. The number of para-hydroxylation sites is 1. The van der Waals surface area contributed by atoms with E-state index in [4.69, 9.17) is 9.47 Å². The molecular weight excluding hydrogens is 232 g/mol. The van der Waals surface area contributed by atoms with Crippen molar-refractivity contribution in [2.75, 3.05) is 6.61 Å². The first-order chi connectivity index (χ1) is 8.54. The van der Waals surface area contributed by atoms with E-state index in [-0.39, 0.29) is 0 Å². The lowest BCUT2D eigenvalue weighted by Gasteiger charge is -2.09. The molecule has 0 saturated heterocycles. The van der Waals surface area contributed by atoms with Crippen LogP contribution in [0.2, 0.25) is 0 Å². The van der Waals surface area contributed by atoms with Crippen LogP contribution in [-0.4, -0.2) is 18.5 Å². The Morgan fingerprint density at radius 2 is 1.94 bits per heavy atom. The van der Waals surface area contributed by atoms with E-state index in [1.54, 1.807) is 31.2 Å². The van der Waals surface area contributed by atoms with E-state index in [0.717, 1.165) is 5.56 Å². The molecule has 0 aromatic heterocycles. The Bertz CT molecular complexity index is 463. The normalized spacial score (nSPS) is 9.67. The summed E-state index contributed by atoms with van der Waals surface area (Å²) in [5, 5.41) is 0. The molecule has 0 bridgehead atoms. The second-order valence-corrected chi connectivity index (χ2v) is 3.70. The molecule has 1 aromatic rings. The van der Waals surface area contributed by atoms with E-state index in [2.05, 4.69) is 6.58 Å². The molecule has 0 unspecified atom stereocenters. The number of carbonyl (C=O) groups excluding carboxylic acids is 2. The van der Waals surface area contributed by atoms with Gasteiger partial charge in [0.15, 0.2) is 0 Å². The second-order valence-electron chi connectivity index (χ2n) is 3.70. The highest BCUT2D eigenvalue weighted by Gasteiger charge is 2.12. The first kappa shape index (κ1) is 14.0. The molecule has 0 fully saturated rings. The maximum absolute atomic E-state index is 11.5. The summed E-state index contributed by atoms with van der Waals surface area (Å²) in [6, 6.07) is 7.02. The predicted octanol–water partition coefficient (Wildman–Crippen LogP) is 2.27. The van der Waals surface area contributed by atoms with Crippen LogP contribution >= 0.6 is 0 Å². The quantitative estimate of drug-likeness (QED) is 0.455. The molecule has 0 spiro atoms. The minimum Gasteiger partial charge on any atom is -0.463 e. The Balaban J connectivity index is 2.80. The van der Waals surface area contributed by atoms with Crippen LogP contribution in [0.1, 0.15) is 19.4 Å². The van der Waals surface area contributed by atoms with Crippen LogP contribution in [0.3, 0.4) is 0 Å². The average Bonchev–Trinajstić information content (AvgIpc) is 2.31. The summed E-state index contributed by atoms with van der Waals surface area (Å²) in [5.74, 6) is -0.394. The van der Waals surface area contributed by atoms with Gasteiger partial charge in [-0.05, 0) is 18.6 Å². The van der Waals surface area contributed by atoms with E-state index < -0.39 is 11.9 Å². The number of hydrogen-bond donors (Lipinski definition) is 0. The molecule has 1 rings (SSSR count).